The second kappa shape index (κ2) is 5.94. The minimum atomic E-state index is 0.637. The van der Waals surface area contributed by atoms with Crippen molar-refractivity contribution in [3.05, 3.63) is 52.9 Å². The van der Waals surface area contributed by atoms with Gasteiger partial charge in [0.25, 0.3) is 0 Å². The van der Waals surface area contributed by atoms with Gasteiger partial charge in [0.15, 0.2) is 0 Å². The predicted molar refractivity (Wildman–Crippen MR) is 75.0 cm³/mol. The molecule has 1 aromatic heterocycles. The Bertz CT molecular complexity index is 497. The summed E-state index contributed by atoms with van der Waals surface area (Å²) in [6.45, 7) is 1.33. The molecule has 2 rings (SSSR count). The highest BCUT2D eigenvalue weighted by atomic mass is 35.5. The molecule has 0 spiro atoms. The Morgan fingerprint density at radius 1 is 1.33 bits per heavy atom. The van der Waals surface area contributed by atoms with Crippen molar-refractivity contribution >= 4 is 17.3 Å². The lowest BCUT2D eigenvalue weighted by Crippen LogP contribution is -2.16. The normalized spacial score (nSPS) is 10.6. The van der Waals surface area contributed by atoms with E-state index in [-0.39, 0.29) is 0 Å². The Balaban J connectivity index is 2.12. The summed E-state index contributed by atoms with van der Waals surface area (Å²) in [6, 6.07) is 9.90. The van der Waals surface area contributed by atoms with E-state index in [0.717, 1.165) is 28.5 Å². The molecule has 2 N–H and O–H groups in total. The second-order valence-electron chi connectivity index (χ2n) is 4.26. The molecule has 0 aliphatic heterocycles. The number of furan rings is 1. The van der Waals surface area contributed by atoms with Gasteiger partial charge in [-0.2, -0.15) is 0 Å². The first-order chi connectivity index (χ1) is 8.70. The van der Waals surface area contributed by atoms with Gasteiger partial charge < -0.3 is 15.1 Å². The van der Waals surface area contributed by atoms with Crippen LogP contribution in [0.25, 0.3) is 0 Å². The molecular formula is C14H17ClN2O. The van der Waals surface area contributed by atoms with Crippen LogP contribution in [0, 0.1) is 0 Å². The average molecular weight is 265 g/mol. The van der Waals surface area contributed by atoms with Crippen LogP contribution in [0.15, 0.2) is 41.0 Å². The molecule has 96 valence electrons. The van der Waals surface area contributed by atoms with Gasteiger partial charge in [0.2, 0.25) is 0 Å². The van der Waals surface area contributed by atoms with Crippen LogP contribution in [0.1, 0.15) is 11.3 Å². The molecule has 0 radical (unpaired) electrons. The van der Waals surface area contributed by atoms with E-state index in [9.17, 15) is 0 Å². The maximum Gasteiger partial charge on any atom is 0.123 e. The smallest absolute Gasteiger partial charge is 0.123 e. The number of halogens is 1. The third-order valence-electron chi connectivity index (χ3n) is 2.83. The quantitative estimate of drug-likeness (QED) is 0.903. The van der Waals surface area contributed by atoms with Crippen molar-refractivity contribution < 1.29 is 4.42 Å². The van der Waals surface area contributed by atoms with E-state index in [2.05, 4.69) is 11.0 Å². The van der Waals surface area contributed by atoms with Crippen molar-refractivity contribution in [2.75, 3.05) is 18.5 Å². The summed E-state index contributed by atoms with van der Waals surface area (Å²) < 4.78 is 5.33. The van der Waals surface area contributed by atoms with Crippen LogP contribution < -0.4 is 10.6 Å². The lowest BCUT2D eigenvalue weighted by atomic mass is 10.1. The Hall–Kier alpha value is -1.45. The van der Waals surface area contributed by atoms with E-state index in [1.807, 2.05) is 31.3 Å². The van der Waals surface area contributed by atoms with Crippen LogP contribution >= 0.6 is 11.6 Å². The molecule has 4 heteroatoms. The minimum Gasteiger partial charge on any atom is -0.467 e. The first kappa shape index (κ1) is 13.0. The molecule has 0 aliphatic rings. The zero-order valence-electron chi connectivity index (χ0n) is 10.4. The van der Waals surface area contributed by atoms with E-state index in [1.165, 1.54) is 0 Å². The van der Waals surface area contributed by atoms with Gasteiger partial charge in [-0.1, -0.05) is 17.7 Å². The Morgan fingerprint density at radius 2 is 2.17 bits per heavy atom. The largest absolute Gasteiger partial charge is 0.467 e. The summed E-state index contributed by atoms with van der Waals surface area (Å²) in [5.74, 6) is 0.916. The highest BCUT2D eigenvalue weighted by Gasteiger charge is 2.08. The third-order valence-corrected chi connectivity index (χ3v) is 3.13. The third kappa shape index (κ3) is 3.06. The van der Waals surface area contributed by atoms with Crippen LogP contribution in [0.4, 0.5) is 5.69 Å². The van der Waals surface area contributed by atoms with Crippen molar-refractivity contribution in [2.45, 2.75) is 13.0 Å². The fraction of sp³-hybridized carbons (Fsp3) is 0.286. The van der Waals surface area contributed by atoms with Gasteiger partial charge in [-0.05, 0) is 42.8 Å². The summed E-state index contributed by atoms with van der Waals surface area (Å²) in [7, 11) is 1.99. The number of hydrogen-bond donors (Lipinski definition) is 1. The van der Waals surface area contributed by atoms with Crippen LogP contribution in [-0.4, -0.2) is 13.6 Å². The number of rotatable bonds is 5. The number of anilines is 1. The molecule has 18 heavy (non-hydrogen) atoms. The zero-order valence-corrected chi connectivity index (χ0v) is 11.2. The van der Waals surface area contributed by atoms with Gasteiger partial charge in [0.05, 0.1) is 23.5 Å². The van der Waals surface area contributed by atoms with E-state index in [1.54, 1.807) is 6.26 Å². The van der Waals surface area contributed by atoms with Gasteiger partial charge in [-0.15, -0.1) is 0 Å². The zero-order chi connectivity index (χ0) is 13.0. The van der Waals surface area contributed by atoms with Crippen molar-refractivity contribution in [1.82, 2.24) is 0 Å². The minimum absolute atomic E-state index is 0.637. The maximum absolute atomic E-state index is 6.29. The molecule has 0 fully saturated rings. The molecule has 0 bridgehead atoms. The van der Waals surface area contributed by atoms with E-state index >= 15 is 0 Å². The van der Waals surface area contributed by atoms with Crippen LogP contribution in [0.2, 0.25) is 5.02 Å². The summed E-state index contributed by atoms with van der Waals surface area (Å²) in [4.78, 5) is 2.06. The van der Waals surface area contributed by atoms with E-state index in [0.29, 0.717) is 13.1 Å². The van der Waals surface area contributed by atoms with Crippen LogP contribution in [-0.2, 0) is 13.0 Å². The first-order valence-corrected chi connectivity index (χ1v) is 6.30. The highest BCUT2D eigenvalue weighted by Crippen LogP contribution is 2.27. The first-order valence-electron chi connectivity index (χ1n) is 5.92. The second-order valence-corrected chi connectivity index (χ2v) is 4.67. The molecule has 0 unspecified atom stereocenters. The number of benzene rings is 1. The van der Waals surface area contributed by atoms with Gasteiger partial charge in [-0.3, -0.25) is 0 Å². The standard InChI is InChI=1S/C14H17ClN2O/c1-17(10-12-3-2-8-18-12)14-5-4-11(6-7-16)9-13(14)15/h2-5,8-9H,6-7,10,16H2,1H3. The van der Waals surface area contributed by atoms with Gasteiger partial charge in [0.1, 0.15) is 5.76 Å². The lowest BCUT2D eigenvalue weighted by molar-refractivity contribution is 0.507. The van der Waals surface area contributed by atoms with Gasteiger partial charge >= 0.3 is 0 Å². The molecule has 1 aromatic carbocycles. The molecular weight excluding hydrogens is 248 g/mol. The van der Waals surface area contributed by atoms with Gasteiger partial charge in [-0.25, -0.2) is 0 Å². The Kier molecular flexibility index (Phi) is 4.28. The molecule has 1 heterocycles. The SMILES string of the molecule is CN(Cc1ccco1)c1ccc(CCN)cc1Cl. The number of hydrogen-bond acceptors (Lipinski definition) is 3. The summed E-state index contributed by atoms with van der Waals surface area (Å²) in [6.07, 6.45) is 2.52. The molecule has 0 amide bonds. The average Bonchev–Trinajstić information content (AvgIpc) is 2.82. The van der Waals surface area contributed by atoms with Crippen molar-refractivity contribution in [3.8, 4) is 0 Å². The van der Waals surface area contributed by atoms with Gasteiger partial charge in [0, 0.05) is 7.05 Å². The Morgan fingerprint density at radius 3 is 2.78 bits per heavy atom. The lowest BCUT2D eigenvalue weighted by Gasteiger charge is -2.19. The monoisotopic (exact) mass is 264 g/mol. The predicted octanol–water partition coefficient (Wildman–Crippen LogP) is 3.07. The summed E-state index contributed by atoms with van der Waals surface area (Å²) in [5.41, 5.74) is 7.69. The number of nitrogens with zero attached hydrogens (tertiary/aromatic N) is 1. The molecule has 0 saturated carbocycles. The summed E-state index contributed by atoms with van der Waals surface area (Å²) >= 11 is 6.29. The van der Waals surface area contributed by atoms with E-state index < -0.39 is 0 Å². The molecule has 0 saturated heterocycles. The van der Waals surface area contributed by atoms with Crippen LogP contribution in [0.5, 0.6) is 0 Å². The van der Waals surface area contributed by atoms with Crippen molar-refractivity contribution in [2.24, 2.45) is 5.73 Å². The van der Waals surface area contributed by atoms with Crippen LogP contribution in [0.3, 0.4) is 0 Å². The summed E-state index contributed by atoms with van der Waals surface area (Å²) in [5, 5.41) is 0.745. The van der Waals surface area contributed by atoms with E-state index in [4.69, 9.17) is 21.8 Å². The molecule has 0 aliphatic carbocycles. The maximum atomic E-state index is 6.29. The fourth-order valence-corrected chi connectivity index (χ4v) is 2.25. The van der Waals surface area contributed by atoms with Crippen molar-refractivity contribution in [1.29, 1.82) is 0 Å². The fourth-order valence-electron chi connectivity index (χ4n) is 1.90. The topological polar surface area (TPSA) is 42.4 Å². The molecule has 3 nitrogen and oxygen atoms in total. The Labute approximate surface area is 112 Å². The van der Waals surface area contributed by atoms with Crippen molar-refractivity contribution in [3.63, 3.8) is 0 Å². The number of nitrogens with two attached hydrogens (primary N) is 1. The molecule has 2 aromatic rings. The highest BCUT2D eigenvalue weighted by molar-refractivity contribution is 6.33. The molecule has 0 atom stereocenters.